The zero-order valence-corrected chi connectivity index (χ0v) is 9.18. The Morgan fingerprint density at radius 1 is 1.50 bits per heavy atom. The number of carbonyl (C=O) groups excluding carboxylic acids is 2. The molecule has 5 heteroatoms. The van der Waals surface area contributed by atoms with Gasteiger partial charge in [-0.1, -0.05) is 6.92 Å². The molecule has 0 aromatic heterocycles. The first kappa shape index (κ1) is 11.1. The number of amides is 1. The van der Waals surface area contributed by atoms with Gasteiger partial charge in [-0.05, 0) is 12.3 Å². The van der Waals surface area contributed by atoms with Crippen molar-refractivity contribution >= 4 is 17.7 Å². The van der Waals surface area contributed by atoms with Crippen molar-refractivity contribution in [3.8, 4) is 0 Å². The lowest BCUT2D eigenvalue weighted by atomic mass is 9.86. The zero-order valence-electron chi connectivity index (χ0n) is 9.18. The van der Waals surface area contributed by atoms with Gasteiger partial charge >= 0.3 is 5.97 Å². The second-order valence-corrected chi connectivity index (χ2v) is 4.71. The molecular formula is C11H15NO4. The van der Waals surface area contributed by atoms with Crippen molar-refractivity contribution in [3.05, 3.63) is 0 Å². The molecule has 0 aliphatic carbocycles. The Hall–Kier alpha value is -1.39. The van der Waals surface area contributed by atoms with Gasteiger partial charge in [-0.3, -0.25) is 14.4 Å². The van der Waals surface area contributed by atoms with Crippen LogP contribution < -0.4 is 0 Å². The smallest absolute Gasteiger partial charge is 0.304 e. The van der Waals surface area contributed by atoms with E-state index in [-0.39, 0.29) is 36.5 Å². The number of carboxylic acid groups (broad SMARTS) is 1. The summed E-state index contributed by atoms with van der Waals surface area (Å²) in [6.45, 7) is 2.56. The standard InChI is InChI=1S/C11H15NO4/c1-6-2-3-12-10(6)8(13)4-7(11(12)16)5-9(14)15/h6-7,10H,2-5H2,1H3,(H,14,15)/t6-,7+,10?/m1/s1. The highest BCUT2D eigenvalue weighted by atomic mass is 16.4. The molecule has 3 atom stereocenters. The maximum atomic E-state index is 11.9. The van der Waals surface area contributed by atoms with Crippen molar-refractivity contribution in [1.82, 2.24) is 4.90 Å². The third kappa shape index (κ3) is 1.70. The van der Waals surface area contributed by atoms with Crippen LogP contribution in [-0.4, -0.2) is 40.3 Å². The first-order valence-electron chi connectivity index (χ1n) is 5.55. The van der Waals surface area contributed by atoms with E-state index in [4.69, 9.17) is 5.11 Å². The second-order valence-electron chi connectivity index (χ2n) is 4.71. The van der Waals surface area contributed by atoms with E-state index in [0.717, 1.165) is 6.42 Å². The summed E-state index contributed by atoms with van der Waals surface area (Å²) in [5.41, 5.74) is 0. The number of fused-ring (bicyclic) bond motifs is 1. The molecule has 0 aromatic rings. The number of carboxylic acids is 1. The predicted molar refractivity (Wildman–Crippen MR) is 54.6 cm³/mol. The third-order valence-corrected chi connectivity index (χ3v) is 3.53. The highest BCUT2D eigenvalue weighted by Gasteiger charge is 2.46. The molecule has 16 heavy (non-hydrogen) atoms. The minimum Gasteiger partial charge on any atom is -0.481 e. The SMILES string of the molecule is C[C@@H]1CCN2C(=O)[C@H](CC(=O)O)CC(=O)C12. The fourth-order valence-electron chi connectivity index (χ4n) is 2.74. The number of carbonyl (C=O) groups is 3. The summed E-state index contributed by atoms with van der Waals surface area (Å²) in [4.78, 5) is 35.9. The van der Waals surface area contributed by atoms with Gasteiger partial charge in [-0.25, -0.2) is 0 Å². The monoisotopic (exact) mass is 225 g/mol. The van der Waals surface area contributed by atoms with Crippen LogP contribution >= 0.6 is 0 Å². The topological polar surface area (TPSA) is 74.7 Å². The number of aliphatic carboxylic acids is 1. The fourth-order valence-corrected chi connectivity index (χ4v) is 2.74. The number of Topliss-reactive ketones (excluding diaryl/α,β-unsaturated/α-hetero) is 1. The van der Waals surface area contributed by atoms with Crippen molar-refractivity contribution < 1.29 is 19.5 Å². The van der Waals surface area contributed by atoms with Crippen LogP contribution in [0.1, 0.15) is 26.2 Å². The summed E-state index contributed by atoms with van der Waals surface area (Å²) in [5.74, 6) is -1.59. The molecule has 0 bridgehead atoms. The Kier molecular flexibility index (Phi) is 2.69. The minimum atomic E-state index is -1.02. The van der Waals surface area contributed by atoms with Crippen molar-refractivity contribution in [2.75, 3.05) is 6.54 Å². The first-order valence-corrected chi connectivity index (χ1v) is 5.55. The molecule has 1 unspecified atom stereocenters. The number of rotatable bonds is 2. The van der Waals surface area contributed by atoms with Crippen LogP contribution in [0.3, 0.4) is 0 Å². The van der Waals surface area contributed by atoms with Gasteiger partial charge in [0.05, 0.1) is 18.4 Å². The summed E-state index contributed by atoms with van der Waals surface area (Å²) in [7, 11) is 0. The van der Waals surface area contributed by atoms with Crippen molar-refractivity contribution in [2.45, 2.75) is 32.2 Å². The molecule has 2 aliphatic heterocycles. The van der Waals surface area contributed by atoms with Crippen LogP contribution in [-0.2, 0) is 14.4 Å². The first-order chi connectivity index (χ1) is 7.50. The van der Waals surface area contributed by atoms with Gasteiger partial charge in [-0.2, -0.15) is 0 Å². The molecule has 2 heterocycles. The van der Waals surface area contributed by atoms with Gasteiger partial charge in [-0.15, -0.1) is 0 Å². The number of hydrogen-bond acceptors (Lipinski definition) is 3. The zero-order chi connectivity index (χ0) is 11.9. The molecule has 1 N–H and O–H groups in total. The van der Waals surface area contributed by atoms with E-state index in [9.17, 15) is 14.4 Å². The average Bonchev–Trinajstić information content (AvgIpc) is 2.56. The normalized spacial score (nSPS) is 34.1. The van der Waals surface area contributed by atoms with Gasteiger partial charge in [0.1, 0.15) is 0 Å². The molecular weight excluding hydrogens is 210 g/mol. The van der Waals surface area contributed by atoms with Crippen LogP contribution in [0.15, 0.2) is 0 Å². The van der Waals surface area contributed by atoms with E-state index in [0.29, 0.717) is 6.54 Å². The molecule has 2 saturated heterocycles. The molecule has 0 aromatic carbocycles. The molecule has 5 nitrogen and oxygen atoms in total. The Labute approximate surface area is 93.4 Å². The average molecular weight is 225 g/mol. The Morgan fingerprint density at radius 3 is 2.81 bits per heavy atom. The van der Waals surface area contributed by atoms with Gasteiger partial charge < -0.3 is 10.0 Å². The summed E-state index contributed by atoms with van der Waals surface area (Å²) in [6, 6.07) is -0.294. The van der Waals surface area contributed by atoms with Gasteiger partial charge in [0.25, 0.3) is 0 Å². The summed E-state index contributed by atoms with van der Waals surface area (Å²) in [6.07, 6.45) is 0.695. The minimum absolute atomic E-state index is 0.0239. The molecule has 2 aliphatic rings. The summed E-state index contributed by atoms with van der Waals surface area (Å²) in [5, 5.41) is 8.68. The fraction of sp³-hybridized carbons (Fsp3) is 0.727. The lowest BCUT2D eigenvalue weighted by molar-refractivity contribution is -0.152. The second kappa shape index (κ2) is 3.88. The lowest BCUT2D eigenvalue weighted by Crippen LogP contribution is -2.51. The predicted octanol–water partition coefficient (Wildman–Crippen LogP) is 0.287. The van der Waals surface area contributed by atoms with E-state index in [2.05, 4.69) is 0 Å². The van der Waals surface area contributed by atoms with Crippen molar-refractivity contribution in [2.24, 2.45) is 11.8 Å². The number of ketones is 1. The molecule has 2 rings (SSSR count). The van der Waals surface area contributed by atoms with Crippen LogP contribution in [0, 0.1) is 11.8 Å². The van der Waals surface area contributed by atoms with Crippen LogP contribution in [0.25, 0.3) is 0 Å². The van der Waals surface area contributed by atoms with E-state index < -0.39 is 11.9 Å². The maximum absolute atomic E-state index is 11.9. The highest BCUT2D eigenvalue weighted by molar-refractivity contribution is 5.98. The van der Waals surface area contributed by atoms with Crippen LogP contribution in [0.2, 0.25) is 0 Å². The Morgan fingerprint density at radius 2 is 2.19 bits per heavy atom. The van der Waals surface area contributed by atoms with E-state index in [1.54, 1.807) is 4.90 Å². The van der Waals surface area contributed by atoms with Crippen LogP contribution in [0.4, 0.5) is 0 Å². The summed E-state index contributed by atoms with van der Waals surface area (Å²) < 4.78 is 0. The molecule has 0 radical (unpaired) electrons. The van der Waals surface area contributed by atoms with Gasteiger partial charge in [0, 0.05) is 13.0 Å². The molecule has 1 amide bonds. The van der Waals surface area contributed by atoms with Crippen molar-refractivity contribution in [1.29, 1.82) is 0 Å². The molecule has 0 spiro atoms. The summed E-state index contributed by atoms with van der Waals surface area (Å²) >= 11 is 0. The quantitative estimate of drug-likeness (QED) is 0.732. The number of piperidine rings is 1. The van der Waals surface area contributed by atoms with Crippen LogP contribution in [0.5, 0.6) is 0 Å². The molecule has 2 fully saturated rings. The van der Waals surface area contributed by atoms with E-state index in [1.165, 1.54) is 0 Å². The molecule has 0 saturated carbocycles. The van der Waals surface area contributed by atoms with Gasteiger partial charge in [0.2, 0.25) is 5.91 Å². The van der Waals surface area contributed by atoms with Gasteiger partial charge in [0.15, 0.2) is 5.78 Å². The molecule has 88 valence electrons. The number of nitrogens with zero attached hydrogens (tertiary/aromatic N) is 1. The maximum Gasteiger partial charge on any atom is 0.304 e. The Bertz CT molecular complexity index is 352. The van der Waals surface area contributed by atoms with E-state index >= 15 is 0 Å². The highest BCUT2D eigenvalue weighted by Crippen LogP contribution is 2.33. The van der Waals surface area contributed by atoms with Crippen molar-refractivity contribution in [3.63, 3.8) is 0 Å². The largest absolute Gasteiger partial charge is 0.481 e. The lowest BCUT2D eigenvalue weighted by Gasteiger charge is -2.34. The third-order valence-electron chi connectivity index (χ3n) is 3.53. The van der Waals surface area contributed by atoms with E-state index in [1.807, 2.05) is 6.92 Å². The number of hydrogen-bond donors (Lipinski definition) is 1. The Balaban J connectivity index is 2.16.